The fourth-order valence-electron chi connectivity index (χ4n) is 5.90. The number of H-pyrrole nitrogens is 1. The van der Waals surface area contributed by atoms with Gasteiger partial charge in [-0.05, 0) is 74.0 Å². The van der Waals surface area contributed by atoms with Crippen LogP contribution in [-0.2, 0) is 6.42 Å². The highest BCUT2D eigenvalue weighted by molar-refractivity contribution is 5.91. The Morgan fingerprint density at radius 1 is 1.03 bits per heavy atom. The van der Waals surface area contributed by atoms with E-state index < -0.39 is 0 Å². The molecule has 3 saturated carbocycles. The lowest BCUT2D eigenvalue weighted by molar-refractivity contribution is 0.0339. The first kappa shape index (κ1) is 18.6. The molecule has 31 heavy (non-hydrogen) atoms. The molecule has 4 aromatic heterocycles. The lowest BCUT2D eigenvalue weighted by Gasteiger charge is -2.47. The Morgan fingerprint density at radius 2 is 1.90 bits per heavy atom. The van der Waals surface area contributed by atoms with Gasteiger partial charge in [0.2, 0.25) is 0 Å². The molecule has 3 aliphatic rings. The quantitative estimate of drug-likeness (QED) is 0.507. The monoisotopic (exact) mass is 410 g/mol. The number of nitrogens with zero attached hydrogens (tertiary/aromatic N) is 5. The zero-order valence-corrected chi connectivity index (χ0v) is 17.7. The van der Waals surface area contributed by atoms with E-state index in [9.17, 15) is 0 Å². The van der Waals surface area contributed by atoms with E-state index in [0.29, 0.717) is 5.92 Å². The van der Waals surface area contributed by atoms with Crippen molar-refractivity contribution < 1.29 is 0 Å². The van der Waals surface area contributed by atoms with Gasteiger partial charge < -0.3 is 4.98 Å². The van der Waals surface area contributed by atoms with Crippen LogP contribution in [0.5, 0.6) is 0 Å². The van der Waals surface area contributed by atoms with Crippen LogP contribution in [0, 0.1) is 23.7 Å². The van der Waals surface area contributed by atoms with Crippen molar-refractivity contribution >= 4 is 11.0 Å². The summed E-state index contributed by atoms with van der Waals surface area (Å²) in [6.45, 7) is 2.46. The first-order valence-corrected chi connectivity index (χ1v) is 11.3. The minimum absolute atomic E-state index is 0.711. The summed E-state index contributed by atoms with van der Waals surface area (Å²) < 4.78 is 0. The molecule has 0 amide bonds. The highest BCUT2D eigenvalue weighted by Crippen LogP contribution is 2.49. The van der Waals surface area contributed by atoms with Gasteiger partial charge in [0, 0.05) is 47.0 Å². The van der Waals surface area contributed by atoms with Gasteiger partial charge in [0.15, 0.2) is 5.82 Å². The van der Waals surface area contributed by atoms with Crippen molar-refractivity contribution in [3.8, 4) is 22.6 Å². The fraction of sp³-hybridized carbons (Fsp3) is 0.400. The number of nitrogens with one attached hydrogen (secondary N) is 1. The highest BCUT2D eigenvalue weighted by Gasteiger charge is 2.41. The molecule has 0 aromatic carbocycles. The van der Waals surface area contributed by atoms with Crippen molar-refractivity contribution in [1.29, 1.82) is 0 Å². The molecule has 4 aromatic rings. The van der Waals surface area contributed by atoms with Crippen LogP contribution in [0.1, 0.15) is 38.3 Å². The smallest absolute Gasteiger partial charge is 0.162 e. The molecule has 0 unspecified atom stereocenters. The van der Waals surface area contributed by atoms with Crippen molar-refractivity contribution in [1.82, 2.24) is 29.9 Å². The predicted molar refractivity (Wildman–Crippen MR) is 120 cm³/mol. The van der Waals surface area contributed by atoms with Gasteiger partial charge in [-0.1, -0.05) is 6.92 Å². The number of aromatic nitrogens is 6. The summed E-state index contributed by atoms with van der Waals surface area (Å²) in [4.78, 5) is 26.1. The molecule has 156 valence electrons. The first-order valence-electron chi connectivity index (χ1n) is 11.3. The van der Waals surface area contributed by atoms with Crippen LogP contribution in [0.4, 0.5) is 0 Å². The van der Waals surface area contributed by atoms with Gasteiger partial charge in [0.1, 0.15) is 12.0 Å². The number of aromatic amines is 1. The third kappa shape index (κ3) is 3.30. The molecule has 3 aliphatic carbocycles. The van der Waals surface area contributed by atoms with E-state index in [-0.39, 0.29) is 0 Å². The van der Waals surface area contributed by atoms with Gasteiger partial charge >= 0.3 is 0 Å². The van der Waals surface area contributed by atoms with Crippen molar-refractivity contribution in [3.05, 3.63) is 55.0 Å². The van der Waals surface area contributed by atoms with Gasteiger partial charge in [-0.15, -0.1) is 0 Å². The zero-order valence-electron chi connectivity index (χ0n) is 17.7. The van der Waals surface area contributed by atoms with Crippen LogP contribution in [0.2, 0.25) is 0 Å². The molecule has 2 atom stereocenters. The topological polar surface area (TPSA) is 80.2 Å². The summed E-state index contributed by atoms with van der Waals surface area (Å²) in [5.74, 6) is 3.94. The van der Waals surface area contributed by atoms with E-state index in [1.54, 1.807) is 12.5 Å². The number of hydrogen-bond acceptors (Lipinski definition) is 5. The van der Waals surface area contributed by atoms with E-state index in [1.165, 1.54) is 25.7 Å². The van der Waals surface area contributed by atoms with E-state index in [2.05, 4.69) is 39.0 Å². The maximum Gasteiger partial charge on any atom is 0.162 e. The summed E-state index contributed by atoms with van der Waals surface area (Å²) in [5.41, 5.74) is 4.81. The summed E-state index contributed by atoms with van der Waals surface area (Å²) in [5, 5.41) is 0.946. The van der Waals surface area contributed by atoms with Crippen LogP contribution < -0.4 is 0 Å². The third-order valence-electron chi connectivity index (χ3n) is 7.62. The lowest BCUT2D eigenvalue weighted by atomic mass is 9.58. The fourth-order valence-corrected chi connectivity index (χ4v) is 5.90. The molecule has 7 rings (SSSR count). The largest absolute Gasteiger partial charge is 0.345 e. The van der Waals surface area contributed by atoms with Gasteiger partial charge in [0.05, 0.1) is 5.69 Å². The van der Waals surface area contributed by atoms with Gasteiger partial charge in [0.25, 0.3) is 0 Å². The van der Waals surface area contributed by atoms with Gasteiger partial charge in [-0.3, -0.25) is 4.98 Å². The maximum atomic E-state index is 5.06. The van der Waals surface area contributed by atoms with E-state index in [0.717, 1.165) is 63.5 Å². The summed E-state index contributed by atoms with van der Waals surface area (Å²) in [6.07, 6.45) is 15.6. The molecule has 2 bridgehead atoms. The molecule has 0 saturated heterocycles. The standard InChI is InChI=1S/C25H26N6/c1-15-16-4-6-17(7-5-16)20(15)9-19-10-23(18-3-2-8-26-11-18)31-25(30-19)22-13-28-24-21(22)12-27-14-29-24/h2-3,8,10-17,20H,4-7,9H2,1H3,(H,27,28,29)/t15-,16?,17?,20+/m0/s1. The van der Waals surface area contributed by atoms with E-state index in [1.807, 2.05) is 24.7 Å². The minimum Gasteiger partial charge on any atom is -0.345 e. The van der Waals surface area contributed by atoms with Crippen molar-refractivity contribution in [2.75, 3.05) is 0 Å². The van der Waals surface area contributed by atoms with E-state index in [4.69, 9.17) is 9.97 Å². The second-order valence-electron chi connectivity index (χ2n) is 9.20. The molecule has 0 aliphatic heterocycles. The number of rotatable bonds is 4. The Hall–Kier alpha value is -3.15. The number of hydrogen-bond donors (Lipinski definition) is 1. The lowest BCUT2D eigenvalue weighted by Crippen LogP contribution is -2.39. The van der Waals surface area contributed by atoms with Crippen LogP contribution in [-0.4, -0.2) is 29.9 Å². The minimum atomic E-state index is 0.711. The molecule has 4 heterocycles. The molecular formula is C25H26N6. The Bertz CT molecular complexity index is 1210. The first-order chi connectivity index (χ1) is 15.3. The molecule has 1 N–H and O–H groups in total. The van der Waals surface area contributed by atoms with Crippen LogP contribution in [0.25, 0.3) is 33.7 Å². The Balaban J connectivity index is 1.44. The zero-order chi connectivity index (χ0) is 20.8. The third-order valence-corrected chi connectivity index (χ3v) is 7.62. The van der Waals surface area contributed by atoms with Crippen molar-refractivity contribution in [2.24, 2.45) is 23.7 Å². The second-order valence-corrected chi connectivity index (χ2v) is 9.20. The summed E-state index contributed by atoms with van der Waals surface area (Å²) in [7, 11) is 0. The Kier molecular flexibility index (Phi) is 4.51. The number of pyridine rings is 1. The van der Waals surface area contributed by atoms with Crippen molar-refractivity contribution in [3.63, 3.8) is 0 Å². The predicted octanol–water partition coefficient (Wildman–Crippen LogP) is 5.09. The Labute approximate surface area is 181 Å². The Morgan fingerprint density at radius 3 is 2.71 bits per heavy atom. The average Bonchev–Trinajstić information content (AvgIpc) is 3.26. The normalized spacial score (nSPS) is 25.2. The molecule has 0 radical (unpaired) electrons. The van der Waals surface area contributed by atoms with E-state index >= 15 is 0 Å². The van der Waals surface area contributed by atoms with Gasteiger partial charge in [-0.2, -0.15) is 0 Å². The van der Waals surface area contributed by atoms with Crippen LogP contribution in [0.15, 0.2) is 49.3 Å². The SMILES string of the molecule is C[C@H]1C2CCC(CC2)[C@@H]1Cc1cc(-c2cccnc2)nc(-c2c[nH]c3ncncc23)n1. The molecule has 0 spiro atoms. The molecule has 6 nitrogen and oxygen atoms in total. The van der Waals surface area contributed by atoms with Crippen LogP contribution >= 0.6 is 0 Å². The number of fused-ring (bicyclic) bond motifs is 4. The van der Waals surface area contributed by atoms with Crippen LogP contribution in [0.3, 0.4) is 0 Å². The summed E-state index contributed by atoms with van der Waals surface area (Å²) >= 11 is 0. The molecule has 6 heteroatoms. The van der Waals surface area contributed by atoms with Crippen molar-refractivity contribution in [2.45, 2.75) is 39.0 Å². The van der Waals surface area contributed by atoms with Gasteiger partial charge in [-0.25, -0.2) is 19.9 Å². The highest BCUT2D eigenvalue weighted by atomic mass is 14.9. The average molecular weight is 411 g/mol. The maximum absolute atomic E-state index is 5.06. The molecular weight excluding hydrogens is 384 g/mol. The molecule has 3 fully saturated rings. The second kappa shape index (κ2) is 7.52. The summed E-state index contributed by atoms with van der Waals surface area (Å²) in [6, 6.07) is 6.19.